The standard InChI is InChI=1S/C19H21NO5/c1-12-4-9-17(25-3)15(10-12)19(23)20-16(11-18(21)22)13-5-7-14(24-2)8-6-13/h4-10,16H,11H2,1-3H3,(H,20,23)(H,21,22)/t16-/m0/s1. The molecule has 0 unspecified atom stereocenters. The van der Waals surface area contributed by atoms with Crippen LogP contribution in [0.25, 0.3) is 0 Å². The first-order chi connectivity index (χ1) is 11.9. The molecule has 25 heavy (non-hydrogen) atoms. The normalized spacial score (nSPS) is 11.5. The summed E-state index contributed by atoms with van der Waals surface area (Å²) in [4.78, 5) is 23.9. The van der Waals surface area contributed by atoms with E-state index in [2.05, 4.69) is 5.32 Å². The predicted octanol–water partition coefficient (Wildman–Crippen LogP) is 2.96. The van der Waals surface area contributed by atoms with Crippen LogP contribution in [0.3, 0.4) is 0 Å². The van der Waals surface area contributed by atoms with Crippen LogP contribution in [0.5, 0.6) is 11.5 Å². The topological polar surface area (TPSA) is 84.9 Å². The minimum Gasteiger partial charge on any atom is -0.497 e. The molecule has 0 heterocycles. The molecule has 0 bridgehead atoms. The maximum absolute atomic E-state index is 12.7. The van der Waals surface area contributed by atoms with E-state index in [-0.39, 0.29) is 12.3 Å². The number of hydrogen-bond acceptors (Lipinski definition) is 4. The van der Waals surface area contributed by atoms with Crippen molar-refractivity contribution in [2.45, 2.75) is 19.4 Å². The van der Waals surface area contributed by atoms with E-state index in [1.165, 1.54) is 7.11 Å². The highest BCUT2D eigenvalue weighted by molar-refractivity contribution is 5.97. The fourth-order valence-corrected chi connectivity index (χ4v) is 2.50. The number of aliphatic carboxylic acids is 1. The van der Waals surface area contributed by atoms with Gasteiger partial charge in [0.1, 0.15) is 11.5 Å². The number of hydrogen-bond donors (Lipinski definition) is 2. The fourth-order valence-electron chi connectivity index (χ4n) is 2.50. The Hall–Kier alpha value is -3.02. The smallest absolute Gasteiger partial charge is 0.305 e. The van der Waals surface area contributed by atoms with E-state index < -0.39 is 12.0 Å². The summed E-state index contributed by atoms with van der Waals surface area (Å²) in [5, 5.41) is 12.0. The summed E-state index contributed by atoms with van der Waals surface area (Å²) >= 11 is 0. The minimum absolute atomic E-state index is 0.230. The Kier molecular flexibility index (Phi) is 6.00. The summed E-state index contributed by atoms with van der Waals surface area (Å²) in [6, 6.07) is 11.5. The number of carboxylic acid groups (broad SMARTS) is 1. The van der Waals surface area contributed by atoms with Crippen LogP contribution in [0.4, 0.5) is 0 Å². The molecule has 2 N–H and O–H groups in total. The Balaban J connectivity index is 2.28. The molecule has 0 aliphatic heterocycles. The molecule has 0 aromatic heterocycles. The quantitative estimate of drug-likeness (QED) is 0.807. The SMILES string of the molecule is COc1ccc([C@H](CC(=O)O)NC(=O)c2cc(C)ccc2OC)cc1. The number of benzene rings is 2. The van der Waals surface area contributed by atoms with Gasteiger partial charge in [-0.05, 0) is 36.8 Å². The number of carboxylic acids is 1. The number of ether oxygens (including phenoxy) is 2. The highest BCUT2D eigenvalue weighted by atomic mass is 16.5. The van der Waals surface area contributed by atoms with Crippen LogP contribution in [-0.4, -0.2) is 31.2 Å². The third-order valence-electron chi connectivity index (χ3n) is 3.80. The third kappa shape index (κ3) is 4.73. The summed E-state index contributed by atoms with van der Waals surface area (Å²) in [7, 11) is 3.04. The zero-order chi connectivity index (χ0) is 18.4. The molecule has 0 spiro atoms. The molecule has 0 saturated heterocycles. The van der Waals surface area contributed by atoms with Gasteiger partial charge in [0.25, 0.3) is 5.91 Å². The molecule has 0 fully saturated rings. The summed E-state index contributed by atoms with van der Waals surface area (Å²) < 4.78 is 10.3. The lowest BCUT2D eigenvalue weighted by molar-refractivity contribution is -0.137. The molecule has 0 saturated carbocycles. The van der Waals surface area contributed by atoms with Crippen molar-refractivity contribution in [3.8, 4) is 11.5 Å². The van der Waals surface area contributed by atoms with Gasteiger partial charge in [-0.2, -0.15) is 0 Å². The Morgan fingerprint density at radius 2 is 1.76 bits per heavy atom. The van der Waals surface area contributed by atoms with Crippen molar-refractivity contribution in [2.24, 2.45) is 0 Å². The van der Waals surface area contributed by atoms with Gasteiger partial charge in [-0.15, -0.1) is 0 Å². The van der Waals surface area contributed by atoms with Gasteiger partial charge >= 0.3 is 5.97 Å². The lowest BCUT2D eigenvalue weighted by Gasteiger charge is -2.19. The number of carbonyl (C=O) groups excluding carboxylic acids is 1. The molecular formula is C19H21NO5. The van der Waals surface area contributed by atoms with Crippen LogP contribution in [0.1, 0.15) is 33.9 Å². The predicted molar refractivity (Wildman–Crippen MR) is 93.2 cm³/mol. The third-order valence-corrected chi connectivity index (χ3v) is 3.80. The van der Waals surface area contributed by atoms with E-state index in [1.807, 2.05) is 13.0 Å². The summed E-state index contributed by atoms with van der Waals surface area (Å²) in [6.45, 7) is 1.87. The number of carbonyl (C=O) groups is 2. The number of aryl methyl sites for hydroxylation is 1. The molecule has 0 aliphatic rings. The molecular weight excluding hydrogens is 322 g/mol. The lowest BCUT2D eigenvalue weighted by Crippen LogP contribution is -2.30. The molecule has 0 radical (unpaired) electrons. The van der Waals surface area contributed by atoms with Crippen molar-refractivity contribution in [2.75, 3.05) is 14.2 Å². The van der Waals surface area contributed by atoms with Gasteiger partial charge in [0, 0.05) is 0 Å². The highest BCUT2D eigenvalue weighted by Gasteiger charge is 2.21. The molecule has 132 valence electrons. The van der Waals surface area contributed by atoms with Crippen LogP contribution in [0.15, 0.2) is 42.5 Å². The first-order valence-corrected chi connectivity index (χ1v) is 7.76. The van der Waals surface area contributed by atoms with Crippen molar-refractivity contribution in [3.63, 3.8) is 0 Å². The molecule has 2 rings (SSSR count). The molecule has 2 aromatic carbocycles. The fraction of sp³-hybridized carbons (Fsp3) is 0.263. The van der Waals surface area contributed by atoms with Gasteiger partial charge in [0.2, 0.25) is 0 Å². The van der Waals surface area contributed by atoms with E-state index in [0.717, 1.165) is 5.56 Å². The molecule has 1 amide bonds. The number of nitrogens with one attached hydrogen (secondary N) is 1. The van der Waals surface area contributed by atoms with Gasteiger partial charge in [-0.25, -0.2) is 0 Å². The van der Waals surface area contributed by atoms with Crippen molar-refractivity contribution >= 4 is 11.9 Å². The number of rotatable bonds is 7. The van der Waals surface area contributed by atoms with Crippen LogP contribution in [0.2, 0.25) is 0 Å². The molecule has 6 nitrogen and oxygen atoms in total. The average Bonchev–Trinajstić information content (AvgIpc) is 2.60. The summed E-state index contributed by atoms with van der Waals surface area (Å²) in [6.07, 6.45) is -0.230. The molecule has 1 atom stereocenters. The van der Waals surface area contributed by atoms with Gasteiger partial charge in [0.05, 0.1) is 32.2 Å². The Bertz CT molecular complexity index is 755. The van der Waals surface area contributed by atoms with Crippen molar-refractivity contribution < 1.29 is 24.2 Å². The Morgan fingerprint density at radius 1 is 1.08 bits per heavy atom. The molecule has 2 aromatic rings. The maximum Gasteiger partial charge on any atom is 0.305 e. The first kappa shape index (κ1) is 18.3. The van der Waals surface area contributed by atoms with Gasteiger partial charge < -0.3 is 19.9 Å². The zero-order valence-electron chi connectivity index (χ0n) is 14.4. The molecule has 6 heteroatoms. The van der Waals surface area contributed by atoms with Crippen LogP contribution in [-0.2, 0) is 4.79 Å². The average molecular weight is 343 g/mol. The van der Waals surface area contributed by atoms with E-state index >= 15 is 0 Å². The van der Waals surface area contributed by atoms with E-state index in [0.29, 0.717) is 22.6 Å². The lowest BCUT2D eigenvalue weighted by atomic mass is 10.0. The summed E-state index contributed by atoms with van der Waals surface area (Å²) in [5.41, 5.74) is 1.96. The van der Waals surface area contributed by atoms with Crippen molar-refractivity contribution in [1.82, 2.24) is 5.32 Å². The van der Waals surface area contributed by atoms with Crippen molar-refractivity contribution in [1.29, 1.82) is 0 Å². The Morgan fingerprint density at radius 3 is 2.32 bits per heavy atom. The van der Waals surface area contributed by atoms with E-state index in [9.17, 15) is 14.7 Å². The number of methoxy groups -OCH3 is 2. The summed E-state index contributed by atoms with van der Waals surface area (Å²) in [5.74, 6) is -0.295. The number of amides is 1. The zero-order valence-corrected chi connectivity index (χ0v) is 14.4. The molecule has 0 aliphatic carbocycles. The second kappa shape index (κ2) is 8.19. The highest BCUT2D eigenvalue weighted by Crippen LogP contribution is 2.24. The van der Waals surface area contributed by atoms with Gasteiger partial charge in [-0.3, -0.25) is 9.59 Å². The Labute approximate surface area is 146 Å². The van der Waals surface area contributed by atoms with E-state index in [4.69, 9.17) is 9.47 Å². The first-order valence-electron chi connectivity index (χ1n) is 7.76. The van der Waals surface area contributed by atoms with Crippen LogP contribution in [0, 0.1) is 6.92 Å². The van der Waals surface area contributed by atoms with E-state index in [1.54, 1.807) is 43.5 Å². The van der Waals surface area contributed by atoms with Gasteiger partial charge in [0.15, 0.2) is 0 Å². The van der Waals surface area contributed by atoms with Gasteiger partial charge in [-0.1, -0.05) is 23.8 Å². The maximum atomic E-state index is 12.7. The second-order valence-corrected chi connectivity index (χ2v) is 5.60. The van der Waals surface area contributed by atoms with Crippen molar-refractivity contribution in [3.05, 3.63) is 59.2 Å². The van der Waals surface area contributed by atoms with Crippen LogP contribution < -0.4 is 14.8 Å². The minimum atomic E-state index is -1.00. The largest absolute Gasteiger partial charge is 0.497 e. The second-order valence-electron chi connectivity index (χ2n) is 5.60. The monoisotopic (exact) mass is 343 g/mol. The van der Waals surface area contributed by atoms with Crippen LogP contribution >= 0.6 is 0 Å².